The molecular weight excluding hydrogens is 222 g/mol. The van der Waals surface area contributed by atoms with Crippen molar-refractivity contribution in [3.05, 3.63) is 0 Å². The molecule has 5 nitrogen and oxygen atoms in total. The van der Waals surface area contributed by atoms with Crippen molar-refractivity contribution < 1.29 is 19.8 Å². The number of carboxylic acids is 1. The lowest BCUT2D eigenvalue weighted by Crippen LogP contribution is -2.46. The highest BCUT2D eigenvalue weighted by Gasteiger charge is 2.40. The normalized spacial score (nSPS) is 24.3. The van der Waals surface area contributed by atoms with E-state index in [0.717, 1.165) is 19.3 Å². The Hall–Kier alpha value is -1.10. The molecule has 1 saturated carbocycles. The molecule has 1 fully saturated rings. The molecule has 1 aliphatic rings. The fourth-order valence-corrected chi connectivity index (χ4v) is 2.47. The van der Waals surface area contributed by atoms with E-state index in [0.29, 0.717) is 0 Å². The second kappa shape index (κ2) is 5.49. The number of rotatable bonds is 5. The first-order valence-corrected chi connectivity index (χ1v) is 6.02. The van der Waals surface area contributed by atoms with Crippen molar-refractivity contribution in [2.45, 2.75) is 45.6 Å². The summed E-state index contributed by atoms with van der Waals surface area (Å²) < 4.78 is 0. The average molecular weight is 243 g/mol. The van der Waals surface area contributed by atoms with Gasteiger partial charge in [0.15, 0.2) is 0 Å². The summed E-state index contributed by atoms with van der Waals surface area (Å²) in [5, 5.41) is 20.2. The van der Waals surface area contributed by atoms with Crippen molar-refractivity contribution in [1.82, 2.24) is 5.32 Å². The monoisotopic (exact) mass is 243 g/mol. The van der Waals surface area contributed by atoms with Crippen molar-refractivity contribution in [1.29, 1.82) is 0 Å². The van der Waals surface area contributed by atoms with Gasteiger partial charge in [-0.2, -0.15) is 0 Å². The second-order valence-electron chi connectivity index (χ2n) is 5.35. The quantitative estimate of drug-likeness (QED) is 0.665. The number of carbonyl (C=O) groups is 2. The van der Waals surface area contributed by atoms with Gasteiger partial charge in [0.05, 0.1) is 0 Å². The first kappa shape index (κ1) is 14.0. The fraction of sp³-hybridized carbons (Fsp3) is 0.833. The van der Waals surface area contributed by atoms with Crippen molar-refractivity contribution in [3.8, 4) is 0 Å². The summed E-state index contributed by atoms with van der Waals surface area (Å²) in [6.45, 7) is 3.82. The molecule has 98 valence electrons. The van der Waals surface area contributed by atoms with Crippen LogP contribution >= 0.6 is 0 Å². The van der Waals surface area contributed by atoms with E-state index in [1.165, 1.54) is 0 Å². The lowest BCUT2D eigenvalue weighted by atomic mass is 9.81. The zero-order valence-electron chi connectivity index (χ0n) is 10.4. The molecule has 3 N–H and O–H groups in total. The molecular formula is C12H21NO4. The predicted octanol–water partition coefficient (Wildman–Crippen LogP) is 0.764. The highest BCUT2D eigenvalue weighted by Crippen LogP contribution is 2.42. The maximum atomic E-state index is 12.0. The number of amides is 1. The van der Waals surface area contributed by atoms with Gasteiger partial charge in [-0.15, -0.1) is 0 Å². The van der Waals surface area contributed by atoms with Gasteiger partial charge in [0.2, 0.25) is 5.91 Å². The zero-order chi connectivity index (χ0) is 13.1. The number of hydrogen-bond donors (Lipinski definition) is 3. The van der Waals surface area contributed by atoms with Gasteiger partial charge in [-0.05, 0) is 18.3 Å². The van der Waals surface area contributed by atoms with E-state index >= 15 is 0 Å². The van der Waals surface area contributed by atoms with Crippen LogP contribution in [0, 0.1) is 11.3 Å². The molecule has 2 atom stereocenters. The first-order chi connectivity index (χ1) is 7.88. The van der Waals surface area contributed by atoms with Crippen LogP contribution in [0.1, 0.15) is 39.5 Å². The van der Waals surface area contributed by atoms with Gasteiger partial charge in [0.25, 0.3) is 0 Å². The molecule has 17 heavy (non-hydrogen) atoms. The molecule has 0 bridgehead atoms. The standard InChI is InChI=1S/C12H21NO4/c1-12(2)6-3-4-8(12)10(15)13-9(5-7-14)11(16)17/h8-9,14H,3-7H2,1-2H3,(H,13,15)(H,16,17)/t8?,9-/m1/s1. The highest BCUT2D eigenvalue weighted by molar-refractivity contribution is 5.85. The summed E-state index contributed by atoms with van der Waals surface area (Å²) in [6, 6.07) is -0.983. The van der Waals surface area contributed by atoms with E-state index in [4.69, 9.17) is 10.2 Å². The predicted molar refractivity (Wildman–Crippen MR) is 62.4 cm³/mol. The van der Waals surface area contributed by atoms with Crippen molar-refractivity contribution in [2.24, 2.45) is 11.3 Å². The van der Waals surface area contributed by atoms with Crippen LogP contribution in [0.3, 0.4) is 0 Å². The molecule has 0 radical (unpaired) electrons. The summed E-state index contributed by atoms with van der Waals surface area (Å²) in [7, 11) is 0. The molecule has 0 aromatic carbocycles. The number of nitrogens with one attached hydrogen (secondary N) is 1. The molecule has 1 amide bonds. The Morgan fingerprint density at radius 2 is 2.12 bits per heavy atom. The van der Waals surface area contributed by atoms with Crippen LogP contribution in [0.2, 0.25) is 0 Å². The lowest BCUT2D eigenvalue weighted by Gasteiger charge is -2.27. The minimum absolute atomic E-state index is 0.0498. The number of aliphatic hydroxyl groups excluding tert-OH is 1. The molecule has 1 unspecified atom stereocenters. The molecule has 1 aliphatic carbocycles. The molecule has 1 rings (SSSR count). The third-order valence-corrected chi connectivity index (χ3v) is 3.61. The third kappa shape index (κ3) is 3.43. The van der Waals surface area contributed by atoms with Crippen LogP contribution in [0.25, 0.3) is 0 Å². The Morgan fingerprint density at radius 1 is 1.47 bits per heavy atom. The molecule has 0 aliphatic heterocycles. The number of aliphatic hydroxyl groups is 1. The zero-order valence-corrected chi connectivity index (χ0v) is 10.4. The third-order valence-electron chi connectivity index (χ3n) is 3.61. The maximum absolute atomic E-state index is 12.0. The van der Waals surface area contributed by atoms with Crippen molar-refractivity contribution >= 4 is 11.9 Å². The smallest absolute Gasteiger partial charge is 0.326 e. The van der Waals surface area contributed by atoms with Crippen LogP contribution in [0.4, 0.5) is 0 Å². The Kier molecular flexibility index (Phi) is 4.51. The summed E-state index contributed by atoms with van der Waals surface area (Å²) in [6.07, 6.45) is 2.85. The summed E-state index contributed by atoms with van der Waals surface area (Å²) in [5.74, 6) is -1.42. The van der Waals surface area contributed by atoms with Crippen LogP contribution < -0.4 is 5.32 Å². The van der Waals surface area contributed by atoms with Crippen molar-refractivity contribution in [2.75, 3.05) is 6.61 Å². The van der Waals surface area contributed by atoms with E-state index in [9.17, 15) is 9.59 Å². The molecule has 0 aromatic rings. The van der Waals surface area contributed by atoms with Crippen LogP contribution in [0.15, 0.2) is 0 Å². The summed E-state index contributed by atoms with van der Waals surface area (Å²) in [4.78, 5) is 22.9. The largest absolute Gasteiger partial charge is 0.480 e. The topological polar surface area (TPSA) is 86.6 Å². The molecule has 0 aromatic heterocycles. The van der Waals surface area contributed by atoms with E-state index < -0.39 is 12.0 Å². The number of hydrogen-bond acceptors (Lipinski definition) is 3. The molecule has 5 heteroatoms. The molecule has 0 saturated heterocycles. The second-order valence-corrected chi connectivity index (χ2v) is 5.35. The van der Waals surface area contributed by atoms with Gasteiger partial charge >= 0.3 is 5.97 Å². The summed E-state index contributed by atoms with van der Waals surface area (Å²) in [5.41, 5.74) is -0.0631. The van der Waals surface area contributed by atoms with Gasteiger partial charge < -0.3 is 15.5 Å². The number of aliphatic carboxylic acids is 1. The van der Waals surface area contributed by atoms with Crippen LogP contribution in [-0.4, -0.2) is 34.7 Å². The Morgan fingerprint density at radius 3 is 2.53 bits per heavy atom. The summed E-state index contributed by atoms with van der Waals surface area (Å²) >= 11 is 0. The highest BCUT2D eigenvalue weighted by atomic mass is 16.4. The first-order valence-electron chi connectivity index (χ1n) is 6.02. The fourth-order valence-electron chi connectivity index (χ4n) is 2.47. The number of carbonyl (C=O) groups excluding carboxylic acids is 1. The average Bonchev–Trinajstić information content (AvgIpc) is 2.57. The van der Waals surface area contributed by atoms with Crippen molar-refractivity contribution in [3.63, 3.8) is 0 Å². The minimum atomic E-state index is -1.09. The Balaban J connectivity index is 2.61. The van der Waals surface area contributed by atoms with E-state index in [-0.39, 0.29) is 30.3 Å². The van der Waals surface area contributed by atoms with Crippen LogP contribution in [0.5, 0.6) is 0 Å². The number of carboxylic acid groups (broad SMARTS) is 1. The van der Waals surface area contributed by atoms with Gasteiger partial charge in [-0.1, -0.05) is 20.3 Å². The van der Waals surface area contributed by atoms with E-state index in [2.05, 4.69) is 5.32 Å². The Labute approximate surface area is 101 Å². The van der Waals surface area contributed by atoms with Crippen LogP contribution in [-0.2, 0) is 9.59 Å². The van der Waals surface area contributed by atoms with E-state index in [1.807, 2.05) is 13.8 Å². The van der Waals surface area contributed by atoms with Gasteiger partial charge in [-0.3, -0.25) is 4.79 Å². The Bertz CT molecular complexity index is 301. The van der Waals surface area contributed by atoms with Gasteiger partial charge in [0.1, 0.15) is 6.04 Å². The van der Waals surface area contributed by atoms with E-state index in [1.54, 1.807) is 0 Å². The maximum Gasteiger partial charge on any atom is 0.326 e. The molecule has 0 spiro atoms. The van der Waals surface area contributed by atoms with Gasteiger partial charge in [-0.25, -0.2) is 4.79 Å². The minimum Gasteiger partial charge on any atom is -0.480 e. The van der Waals surface area contributed by atoms with Gasteiger partial charge in [0, 0.05) is 18.9 Å². The lowest BCUT2D eigenvalue weighted by molar-refractivity contribution is -0.143. The molecule has 0 heterocycles. The SMILES string of the molecule is CC1(C)CCCC1C(=O)N[C@H](CCO)C(=O)O.